The summed E-state index contributed by atoms with van der Waals surface area (Å²) in [4.78, 5) is 0. The van der Waals surface area contributed by atoms with Crippen LogP contribution in [-0.2, 0) is 14.8 Å². The van der Waals surface area contributed by atoms with Crippen molar-refractivity contribution in [2.45, 2.75) is 38.6 Å². The lowest BCUT2D eigenvalue weighted by Crippen LogP contribution is -2.45. The van der Waals surface area contributed by atoms with Gasteiger partial charge < -0.3 is 10.1 Å². The molecule has 2 saturated heterocycles. The molecule has 2 rings (SSSR count). The van der Waals surface area contributed by atoms with Gasteiger partial charge in [0.05, 0.1) is 6.26 Å². The van der Waals surface area contributed by atoms with Crippen molar-refractivity contribution in [1.82, 2.24) is 9.62 Å². The first-order chi connectivity index (χ1) is 9.47. The first-order valence-electron chi connectivity index (χ1n) is 7.73. The predicted molar refractivity (Wildman–Crippen MR) is 80.1 cm³/mol. The van der Waals surface area contributed by atoms with E-state index in [1.54, 1.807) is 4.31 Å². The maximum absolute atomic E-state index is 11.6. The summed E-state index contributed by atoms with van der Waals surface area (Å²) in [6, 6.07) is 0.493. The van der Waals surface area contributed by atoms with Gasteiger partial charge in [-0.3, -0.25) is 0 Å². The molecule has 0 aromatic heterocycles. The zero-order valence-corrected chi connectivity index (χ0v) is 13.5. The van der Waals surface area contributed by atoms with Gasteiger partial charge in [0.15, 0.2) is 0 Å². The van der Waals surface area contributed by atoms with E-state index >= 15 is 0 Å². The molecule has 6 heteroatoms. The van der Waals surface area contributed by atoms with Crippen molar-refractivity contribution < 1.29 is 13.2 Å². The van der Waals surface area contributed by atoms with Gasteiger partial charge in [-0.2, -0.15) is 0 Å². The minimum atomic E-state index is -3.03. The second kappa shape index (κ2) is 7.20. The van der Waals surface area contributed by atoms with Crippen molar-refractivity contribution in [2.24, 2.45) is 11.8 Å². The van der Waals surface area contributed by atoms with Crippen LogP contribution in [0.4, 0.5) is 0 Å². The van der Waals surface area contributed by atoms with Crippen molar-refractivity contribution in [3.05, 3.63) is 0 Å². The summed E-state index contributed by atoms with van der Waals surface area (Å²) >= 11 is 0. The third kappa shape index (κ3) is 4.69. The molecular formula is C14H28N2O3S. The van der Waals surface area contributed by atoms with Gasteiger partial charge in [-0.25, -0.2) is 12.7 Å². The quantitative estimate of drug-likeness (QED) is 0.825. The van der Waals surface area contributed by atoms with Gasteiger partial charge in [-0.15, -0.1) is 0 Å². The summed E-state index contributed by atoms with van der Waals surface area (Å²) in [7, 11) is -3.03. The SMILES string of the molecule is C[C@@H](NC[C@H]1CCCN(S(C)(=O)=O)C1)C1CCOCC1. The lowest BCUT2D eigenvalue weighted by molar-refractivity contribution is 0.0551. The Morgan fingerprint density at radius 3 is 2.65 bits per heavy atom. The molecule has 0 unspecified atom stereocenters. The van der Waals surface area contributed by atoms with E-state index in [9.17, 15) is 8.42 Å². The monoisotopic (exact) mass is 304 g/mol. The van der Waals surface area contributed by atoms with Gasteiger partial charge in [-0.05, 0) is 51.0 Å². The topological polar surface area (TPSA) is 58.6 Å². The van der Waals surface area contributed by atoms with Crippen molar-refractivity contribution in [3.8, 4) is 0 Å². The van der Waals surface area contributed by atoms with Crippen molar-refractivity contribution in [1.29, 1.82) is 0 Å². The normalized spacial score (nSPS) is 28.4. The summed E-state index contributed by atoms with van der Waals surface area (Å²) in [5.41, 5.74) is 0. The van der Waals surface area contributed by atoms with Gasteiger partial charge in [0.1, 0.15) is 0 Å². The van der Waals surface area contributed by atoms with Crippen LogP contribution >= 0.6 is 0 Å². The number of nitrogens with one attached hydrogen (secondary N) is 1. The molecule has 118 valence electrons. The summed E-state index contributed by atoms with van der Waals surface area (Å²) < 4.78 is 30.2. The number of hydrogen-bond acceptors (Lipinski definition) is 4. The number of piperidine rings is 1. The minimum absolute atomic E-state index is 0.445. The van der Waals surface area contributed by atoms with Gasteiger partial charge in [0, 0.05) is 32.3 Å². The van der Waals surface area contributed by atoms with Crippen LogP contribution in [0, 0.1) is 11.8 Å². The van der Waals surface area contributed by atoms with Gasteiger partial charge in [-0.1, -0.05) is 0 Å². The number of ether oxygens (including phenoxy) is 1. The maximum atomic E-state index is 11.6. The van der Waals surface area contributed by atoms with Gasteiger partial charge >= 0.3 is 0 Å². The summed E-state index contributed by atoms with van der Waals surface area (Å²) in [6.07, 6.45) is 5.68. The van der Waals surface area contributed by atoms with Crippen molar-refractivity contribution in [2.75, 3.05) is 39.1 Å². The number of nitrogens with zero attached hydrogens (tertiary/aromatic N) is 1. The van der Waals surface area contributed by atoms with E-state index in [4.69, 9.17) is 4.74 Å². The Bertz CT molecular complexity index is 393. The second-order valence-electron chi connectivity index (χ2n) is 6.28. The molecule has 0 aromatic rings. The van der Waals surface area contributed by atoms with Crippen LogP contribution in [0.2, 0.25) is 0 Å². The largest absolute Gasteiger partial charge is 0.381 e. The molecule has 0 aromatic carbocycles. The van der Waals surface area contributed by atoms with Crippen LogP contribution < -0.4 is 5.32 Å². The zero-order valence-electron chi connectivity index (χ0n) is 12.7. The second-order valence-corrected chi connectivity index (χ2v) is 8.26. The molecule has 2 atom stereocenters. The van der Waals surface area contributed by atoms with Crippen molar-refractivity contribution >= 4 is 10.0 Å². The Labute approximate surface area is 123 Å². The van der Waals surface area contributed by atoms with Crippen LogP contribution in [0.5, 0.6) is 0 Å². The summed E-state index contributed by atoms with van der Waals surface area (Å²) in [6.45, 7) is 6.28. The summed E-state index contributed by atoms with van der Waals surface area (Å²) in [5, 5.41) is 3.62. The van der Waals surface area contributed by atoms with Crippen LogP contribution in [0.15, 0.2) is 0 Å². The molecule has 1 N–H and O–H groups in total. The van der Waals surface area contributed by atoms with Crippen LogP contribution in [0.1, 0.15) is 32.6 Å². The first-order valence-corrected chi connectivity index (χ1v) is 9.58. The maximum Gasteiger partial charge on any atom is 0.211 e. The van der Waals surface area contributed by atoms with Crippen LogP contribution in [0.3, 0.4) is 0 Å². The molecule has 0 bridgehead atoms. The fourth-order valence-corrected chi connectivity index (χ4v) is 4.17. The fraction of sp³-hybridized carbons (Fsp3) is 1.00. The van der Waals surface area contributed by atoms with E-state index < -0.39 is 10.0 Å². The number of hydrogen-bond donors (Lipinski definition) is 1. The van der Waals surface area contributed by atoms with E-state index in [1.807, 2.05) is 0 Å². The van der Waals surface area contributed by atoms with Crippen LogP contribution in [0.25, 0.3) is 0 Å². The highest BCUT2D eigenvalue weighted by Crippen LogP contribution is 2.21. The standard InChI is InChI=1S/C14H28N2O3S/c1-12(14-5-8-19-9-6-14)15-10-13-4-3-7-16(11-13)20(2,17)18/h12-15H,3-11H2,1-2H3/t12-,13-/m1/s1. The molecule has 0 radical (unpaired) electrons. The fourth-order valence-electron chi connectivity index (χ4n) is 3.23. The van der Waals surface area contributed by atoms with Crippen LogP contribution in [-0.4, -0.2) is 57.9 Å². The molecule has 0 saturated carbocycles. The number of sulfonamides is 1. The average molecular weight is 304 g/mol. The van der Waals surface area contributed by atoms with E-state index in [2.05, 4.69) is 12.2 Å². The summed E-state index contributed by atoms with van der Waals surface area (Å²) in [5.74, 6) is 1.14. The Morgan fingerprint density at radius 1 is 1.30 bits per heavy atom. The highest BCUT2D eigenvalue weighted by Gasteiger charge is 2.27. The minimum Gasteiger partial charge on any atom is -0.381 e. The molecule has 0 aliphatic carbocycles. The molecule has 5 nitrogen and oxygen atoms in total. The molecular weight excluding hydrogens is 276 g/mol. The lowest BCUT2D eigenvalue weighted by atomic mass is 9.92. The third-order valence-corrected chi connectivity index (χ3v) is 5.92. The third-order valence-electron chi connectivity index (χ3n) is 4.65. The molecule has 0 amide bonds. The van der Waals surface area contributed by atoms with Gasteiger partial charge in [0.25, 0.3) is 0 Å². The lowest BCUT2D eigenvalue weighted by Gasteiger charge is -2.33. The molecule has 0 spiro atoms. The van der Waals surface area contributed by atoms with E-state index in [0.717, 1.165) is 45.4 Å². The first kappa shape index (κ1) is 16.2. The number of rotatable bonds is 5. The Kier molecular flexibility index (Phi) is 5.84. The Morgan fingerprint density at radius 2 is 2.00 bits per heavy atom. The molecule has 20 heavy (non-hydrogen) atoms. The predicted octanol–water partition coefficient (Wildman–Crippen LogP) is 1.06. The van der Waals surface area contributed by atoms with Gasteiger partial charge in [0.2, 0.25) is 10.0 Å². The van der Waals surface area contributed by atoms with E-state index in [0.29, 0.717) is 31.0 Å². The Balaban J connectivity index is 1.75. The average Bonchev–Trinajstić information content (AvgIpc) is 2.45. The molecule has 2 fully saturated rings. The van der Waals surface area contributed by atoms with E-state index in [-0.39, 0.29) is 0 Å². The smallest absolute Gasteiger partial charge is 0.211 e. The Hall–Kier alpha value is -0.170. The highest BCUT2D eigenvalue weighted by atomic mass is 32.2. The van der Waals surface area contributed by atoms with E-state index in [1.165, 1.54) is 6.26 Å². The molecule has 2 heterocycles. The zero-order chi connectivity index (χ0) is 14.6. The molecule has 2 aliphatic heterocycles. The van der Waals surface area contributed by atoms with Crippen molar-refractivity contribution in [3.63, 3.8) is 0 Å². The highest BCUT2D eigenvalue weighted by molar-refractivity contribution is 7.88. The molecule has 2 aliphatic rings.